The Balaban J connectivity index is 1.52. The van der Waals surface area contributed by atoms with Gasteiger partial charge in [-0.05, 0) is 41.0 Å². The van der Waals surface area contributed by atoms with Crippen LogP contribution in [0.15, 0.2) is 48.5 Å². The largest absolute Gasteiger partial charge is 0.481 e. The molecule has 0 saturated heterocycles. The van der Waals surface area contributed by atoms with Crippen LogP contribution in [-0.4, -0.2) is 42.3 Å². The molecule has 0 spiro atoms. The molecule has 0 bridgehead atoms. The molecule has 0 aromatic heterocycles. The zero-order valence-corrected chi connectivity index (χ0v) is 20.6. The molecule has 3 N–H and O–H groups in total. The number of amides is 2. The van der Waals surface area contributed by atoms with Gasteiger partial charge < -0.3 is 20.5 Å². The Morgan fingerprint density at radius 2 is 1.63 bits per heavy atom. The van der Waals surface area contributed by atoms with E-state index in [4.69, 9.17) is 9.84 Å². The van der Waals surface area contributed by atoms with Crippen molar-refractivity contribution >= 4 is 18.0 Å². The van der Waals surface area contributed by atoms with Gasteiger partial charge in [0.25, 0.3) is 0 Å². The van der Waals surface area contributed by atoms with E-state index < -0.39 is 12.1 Å². The van der Waals surface area contributed by atoms with E-state index in [-0.39, 0.29) is 43.2 Å². The SMILES string of the molecule is CCCC[C@@H](CC(=O)NCC(C)CCC(=O)O)NC(=O)OCC1c2ccccc2-c2ccccc21. The fourth-order valence-electron chi connectivity index (χ4n) is 4.54. The van der Waals surface area contributed by atoms with Crippen LogP contribution in [0.5, 0.6) is 0 Å². The van der Waals surface area contributed by atoms with E-state index in [1.54, 1.807) is 0 Å². The molecule has 0 saturated carbocycles. The van der Waals surface area contributed by atoms with Gasteiger partial charge >= 0.3 is 12.1 Å². The molecule has 1 unspecified atom stereocenters. The lowest BCUT2D eigenvalue weighted by molar-refractivity contribution is -0.137. The summed E-state index contributed by atoms with van der Waals surface area (Å²) in [6, 6.07) is 16.1. The van der Waals surface area contributed by atoms with Crippen LogP contribution in [0.3, 0.4) is 0 Å². The second-order valence-electron chi connectivity index (χ2n) is 9.35. The van der Waals surface area contributed by atoms with Crippen molar-refractivity contribution in [3.8, 4) is 11.1 Å². The number of carboxylic acids is 1. The van der Waals surface area contributed by atoms with Gasteiger partial charge in [0.2, 0.25) is 5.91 Å². The standard InChI is InChI=1S/C28H36N2O5/c1-3-4-9-20(16-26(31)29-17-19(2)14-15-27(32)33)30-28(34)35-18-25-23-12-7-5-10-21(23)22-11-6-8-13-24(22)25/h5-8,10-13,19-20,25H,3-4,9,14-18H2,1-2H3,(H,29,31)(H,30,34)(H,32,33)/t19?,20-/m0/s1. The van der Waals surface area contributed by atoms with E-state index in [2.05, 4.69) is 41.8 Å². The second-order valence-corrected chi connectivity index (χ2v) is 9.35. The number of aliphatic carboxylic acids is 1. The predicted octanol–water partition coefficient (Wildman–Crippen LogP) is 5.09. The molecule has 2 aromatic rings. The topological polar surface area (TPSA) is 105 Å². The Hall–Kier alpha value is -3.35. The van der Waals surface area contributed by atoms with Crippen LogP contribution in [0.1, 0.15) is 69.4 Å². The normalized spacial score (nSPS) is 13.9. The Kier molecular flexibility index (Phi) is 9.70. The summed E-state index contributed by atoms with van der Waals surface area (Å²) in [5.74, 6) is -0.945. The molecule has 0 heterocycles. The molecule has 1 aliphatic rings. The van der Waals surface area contributed by atoms with E-state index in [0.29, 0.717) is 19.4 Å². The van der Waals surface area contributed by atoms with Gasteiger partial charge in [0.1, 0.15) is 6.61 Å². The highest BCUT2D eigenvalue weighted by molar-refractivity contribution is 5.79. The molecule has 1 aliphatic carbocycles. The van der Waals surface area contributed by atoms with Crippen LogP contribution in [0.25, 0.3) is 11.1 Å². The average molecular weight is 481 g/mol. The van der Waals surface area contributed by atoms with Crippen molar-refractivity contribution in [2.24, 2.45) is 5.92 Å². The van der Waals surface area contributed by atoms with Gasteiger partial charge in [-0.25, -0.2) is 4.79 Å². The highest BCUT2D eigenvalue weighted by atomic mass is 16.5. The monoisotopic (exact) mass is 480 g/mol. The van der Waals surface area contributed by atoms with Crippen molar-refractivity contribution < 1.29 is 24.2 Å². The molecule has 7 heteroatoms. The maximum atomic E-state index is 12.7. The third-order valence-electron chi connectivity index (χ3n) is 6.50. The highest BCUT2D eigenvalue weighted by Crippen LogP contribution is 2.44. The van der Waals surface area contributed by atoms with Gasteiger partial charge in [0.05, 0.1) is 0 Å². The number of benzene rings is 2. The Morgan fingerprint density at radius 1 is 1.00 bits per heavy atom. The van der Waals surface area contributed by atoms with Crippen LogP contribution in [0.4, 0.5) is 4.79 Å². The molecule has 35 heavy (non-hydrogen) atoms. The van der Waals surface area contributed by atoms with Crippen molar-refractivity contribution in [2.75, 3.05) is 13.2 Å². The van der Waals surface area contributed by atoms with E-state index >= 15 is 0 Å². The number of fused-ring (bicyclic) bond motifs is 3. The summed E-state index contributed by atoms with van der Waals surface area (Å²) in [6.07, 6.45) is 2.76. The number of alkyl carbamates (subject to hydrolysis) is 1. The number of rotatable bonds is 13. The minimum absolute atomic E-state index is 0.0159. The van der Waals surface area contributed by atoms with E-state index in [0.717, 1.165) is 24.0 Å². The number of hydrogen-bond acceptors (Lipinski definition) is 4. The highest BCUT2D eigenvalue weighted by Gasteiger charge is 2.29. The van der Waals surface area contributed by atoms with E-state index in [1.165, 1.54) is 11.1 Å². The van der Waals surface area contributed by atoms with E-state index in [1.807, 2.05) is 31.2 Å². The fraction of sp³-hybridized carbons (Fsp3) is 0.464. The predicted molar refractivity (Wildman–Crippen MR) is 135 cm³/mol. The summed E-state index contributed by atoms with van der Waals surface area (Å²) < 4.78 is 5.65. The first kappa shape index (κ1) is 26.3. The summed E-state index contributed by atoms with van der Waals surface area (Å²) in [4.78, 5) is 35.8. The lowest BCUT2D eigenvalue weighted by atomic mass is 9.98. The van der Waals surface area contributed by atoms with Gasteiger partial charge in [-0.2, -0.15) is 0 Å². The lowest BCUT2D eigenvalue weighted by Crippen LogP contribution is -2.40. The fourth-order valence-corrected chi connectivity index (χ4v) is 4.54. The zero-order chi connectivity index (χ0) is 25.2. The minimum Gasteiger partial charge on any atom is -0.481 e. The number of carbonyl (C=O) groups is 3. The first-order valence-corrected chi connectivity index (χ1v) is 12.5. The van der Waals surface area contributed by atoms with Crippen molar-refractivity contribution in [1.29, 1.82) is 0 Å². The molecular weight excluding hydrogens is 444 g/mol. The number of carboxylic acid groups (broad SMARTS) is 1. The zero-order valence-electron chi connectivity index (χ0n) is 20.6. The molecule has 7 nitrogen and oxygen atoms in total. The van der Waals surface area contributed by atoms with Crippen LogP contribution < -0.4 is 10.6 Å². The Morgan fingerprint density at radius 3 is 2.23 bits per heavy atom. The smallest absolute Gasteiger partial charge is 0.407 e. The first-order chi connectivity index (χ1) is 16.9. The van der Waals surface area contributed by atoms with Crippen LogP contribution in [0, 0.1) is 5.92 Å². The van der Waals surface area contributed by atoms with Crippen molar-refractivity contribution in [3.05, 3.63) is 59.7 Å². The third kappa shape index (κ3) is 7.57. The van der Waals surface area contributed by atoms with Gasteiger partial charge in [-0.15, -0.1) is 0 Å². The van der Waals surface area contributed by atoms with Crippen molar-refractivity contribution in [3.63, 3.8) is 0 Å². The molecule has 2 aromatic carbocycles. The summed E-state index contributed by atoms with van der Waals surface area (Å²) in [6.45, 7) is 4.62. The van der Waals surface area contributed by atoms with Crippen molar-refractivity contribution in [1.82, 2.24) is 10.6 Å². The Bertz CT molecular complexity index is 976. The van der Waals surface area contributed by atoms with Gasteiger partial charge in [0, 0.05) is 31.3 Å². The maximum absolute atomic E-state index is 12.7. The lowest BCUT2D eigenvalue weighted by Gasteiger charge is -2.20. The summed E-state index contributed by atoms with van der Waals surface area (Å²) >= 11 is 0. The third-order valence-corrected chi connectivity index (χ3v) is 6.50. The number of unbranched alkanes of at least 4 members (excludes halogenated alkanes) is 1. The number of hydrogen-bond donors (Lipinski definition) is 3. The number of nitrogens with one attached hydrogen (secondary N) is 2. The second kappa shape index (κ2) is 12.9. The molecule has 0 aliphatic heterocycles. The quantitative estimate of drug-likeness (QED) is 0.370. The number of carbonyl (C=O) groups excluding carboxylic acids is 2. The molecule has 188 valence electrons. The summed E-state index contributed by atoms with van der Waals surface area (Å²) in [5, 5.41) is 14.5. The first-order valence-electron chi connectivity index (χ1n) is 12.5. The Labute approximate surface area is 207 Å². The van der Waals surface area contributed by atoms with Crippen LogP contribution in [-0.2, 0) is 14.3 Å². The molecule has 0 radical (unpaired) electrons. The number of ether oxygens (including phenoxy) is 1. The average Bonchev–Trinajstić information content (AvgIpc) is 3.17. The summed E-state index contributed by atoms with van der Waals surface area (Å²) in [5.41, 5.74) is 4.65. The van der Waals surface area contributed by atoms with Crippen LogP contribution in [0.2, 0.25) is 0 Å². The van der Waals surface area contributed by atoms with Gasteiger partial charge in [0.15, 0.2) is 0 Å². The molecule has 0 fully saturated rings. The molecule has 3 rings (SSSR count). The summed E-state index contributed by atoms with van der Waals surface area (Å²) in [7, 11) is 0. The molecular formula is C28H36N2O5. The van der Waals surface area contributed by atoms with Crippen LogP contribution >= 0.6 is 0 Å². The molecule has 2 atom stereocenters. The van der Waals surface area contributed by atoms with Crippen molar-refractivity contribution in [2.45, 2.75) is 64.3 Å². The van der Waals surface area contributed by atoms with Gasteiger partial charge in [-0.1, -0.05) is 75.2 Å². The maximum Gasteiger partial charge on any atom is 0.407 e. The molecule has 2 amide bonds. The van der Waals surface area contributed by atoms with E-state index in [9.17, 15) is 14.4 Å². The minimum atomic E-state index is -0.838. The van der Waals surface area contributed by atoms with Gasteiger partial charge in [-0.3, -0.25) is 9.59 Å².